The molecular weight excluding hydrogens is 406 g/mol. The third-order valence-corrected chi connectivity index (χ3v) is 6.39. The van der Waals surface area contributed by atoms with E-state index in [1.54, 1.807) is 29.7 Å². The van der Waals surface area contributed by atoms with Crippen LogP contribution >= 0.6 is 11.3 Å². The summed E-state index contributed by atoms with van der Waals surface area (Å²) < 4.78 is 0. The first-order valence-electron chi connectivity index (χ1n) is 10.1. The molecule has 0 aliphatic carbocycles. The first-order valence-corrected chi connectivity index (χ1v) is 11.0. The minimum Gasteiger partial charge on any atom is -0.352 e. The van der Waals surface area contributed by atoms with E-state index in [-0.39, 0.29) is 5.91 Å². The lowest BCUT2D eigenvalue weighted by molar-refractivity contribution is 0.0748. The third-order valence-electron chi connectivity index (χ3n) is 5.49. The highest BCUT2D eigenvalue weighted by Crippen LogP contribution is 2.29. The number of hydrogen-bond acceptors (Lipinski definition) is 6. The number of pyridine rings is 2. The Morgan fingerprint density at radius 3 is 2.65 bits per heavy atom. The molecule has 0 atom stereocenters. The van der Waals surface area contributed by atoms with Crippen LogP contribution in [0.3, 0.4) is 0 Å². The van der Waals surface area contributed by atoms with E-state index in [1.165, 1.54) is 0 Å². The van der Waals surface area contributed by atoms with Crippen LogP contribution in [0.25, 0.3) is 21.5 Å². The van der Waals surface area contributed by atoms with Gasteiger partial charge in [0.25, 0.3) is 5.91 Å². The molecule has 4 heterocycles. The Morgan fingerprint density at radius 2 is 1.87 bits per heavy atom. The van der Waals surface area contributed by atoms with Crippen LogP contribution in [0, 0.1) is 11.3 Å². The average molecular weight is 426 g/mol. The molecule has 7 heteroatoms. The molecule has 1 aromatic carbocycles. The van der Waals surface area contributed by atoms with Crippen molar-refractivity contribution in [3.8, 4) is 16.6 Å². The second kappa shape index (κ2) is 8.17. The van der Waals surface area contributed by atoms with Gasteiger partial charge in [0.15, 0.2) is 0 Å². The number of rotatable bonds is 3. The van der Waals surface area contributed by atoms with Gasteiger partial charge in [0, 0.05) is 37.8 Å². The van der Waals surface area contributed by atoms with Gasteiger partial charge in [-0.15, -0.1) is 11.3 Å². The molecule has 31 heavy (non-hydrogen) atoms. The molecular formula is C24H19N5OS. The van der Waals surface area contributed by atoms with Gasteiger partial charge in [-0.25, -0.2) is 9.97 Å². The van der Waals surface area contributed by atoms with Gasteiger partial charge in [-0.1, -0.05) is 24.3 Å². The second-order valence-electron chi connectivity index (χ2n) is 7.32. The molecule has 1 fully saturated rings. The predicted molar refractivity (Wildman–Crippen MR) is 122 cm³/mol. The predicted octanol–water partition coefficient (Wildman–Crippen LogP) is 4.19. The van der Waals surface area contributed by atoms with E-state index < -0.39 is 0 Å². The van der Waals surface area contributed by atoms with Crippen molar-refractivity contribution in [3.05, 3.63) is 77.3 Å². The number of aromatic nitrogens is 2. The number of thiophene rings is 1. The summed E-state index contributed by atoms with van der Waals surface area (Å²) in [5, 5.41) is 12.2. The highest BCUT2D eigenvalue weighted by atomic mass is 32.1. The van der Waals surface area contributed by atoms with Crippen LogP contribution in [0.5, 0.6) is 0 Å². The van der Waals surface area contributed by atoms with Crippen LogP contribution in [-0.4, -0.2) is 47.0 Å². The zero-order valence-corrected chi connectivity index (χ0v) is 17.5. The number of carbonyl (C=O) groups excluding carboxylic acids is 1. The van der Waals surface area contributed by atoms with E-state index in [4.69, 9.17) is 4.98 Å². The largest absolute Gasteiger partial charge is 0.352 e. The van der Waals surface area contributed by atoms with E-state index >= 15 is 0 Å². The molecule has 0 unspecified atom stereocenters. The Bertz CT molecular complexity index is 1290. The van der Waals surface area contributed by atoms with Crippen LogP contribution < -0.4 is 4.90 Å². The van der Waals surface area contributed by atoms with Crippen LogP contribution in [0.2, 0.25) is 0 Å². The Labute approximate surface area is 184 Å². The number of anilines is 1. The number of benzene rings is 1. The lowest BCUT2D eigenvalue weighted by atomic mass is 10.1. The number of amides is 1. The van der Waals surface area contributed by atoms with Gasteiger partial charge < -0.3 is 9.80 Å². The average Bonchev–Trinajstić information content (AvgIpc) is 3.38. The van der Waals surface area contributed by atoms with E-state index in [1.807, 2.05) is 52.7 Å². The molecule has 0 N–H and O–H groups in total. The summed E-state index contributed by atoms with van der Waals surface area (Å²) in [7, 11) is 0. The minimum atomic E-state index is 0.0117. The fraction of sp³-hybridized carbons (Fsp3) is 0.167. The molecule has 1 saturated heterocycles. The number of carbonyl (C=O) groups is 1. The molecule has 1 aliphatic rings. The second-order valence-corrected chi connectivity index (χ2v) is 8.26. The lowest BCUT2D eigenvalue weighted by Gasteiger charge is -2.35. The van der Waals surface area contributed by atoms with Gasteiger partial charge in [0.2, 0.25) is 0 Å². The van der Waals surface area contributed by atoms with Gasteiger partial charge in [-0.05, 0) is 35.7 Å². The summed E-state index contributed by atoms with van der Waals surface area (Å²) in [6.45, 7) is 2.42. The number of fused-ring (bicyclic) bond motifs is 1. The molecule has 1 amide bonds. The van der Waals surface area contributed by atoms with Gasteiger partial charge >= 0.3 is 0 Å². The summed E-state index contributed by atoms with van der Waals surface area (Å²) in [4.78, 5) is 27.7. The third kappa shape index (κ3) is 3.62. The number of nitriles is 1. The first-order chi connectivity index (χ1) is 15.2. The van der Waals surface area contributed by atoms with Crippen molar-refractivity contribution in [2.24, 2.45) is 0 Å². The van der Waals surface area contributed by atoms with Crippen molar-refractivity contribution < 1.29 is 4.79 Å². The summed E-state index contributed by atoms with van der Waals surface area (Å²) >= 11 is 1.61. The van der Waals surface area contributed by atoms with Crippen LogP contribution in [0.4, 0.5) is 5.82 Å². The Hall–Kier alpha value is -3.76. The van der Waals surface area contributed by atoms with Crippen molar-refractivity contribution >= 4 is 34.0 Å². The number of para-hydroxylation sites is 1. The maximum absolute atomic E-state index is 13.5. The van der Waals surface area contributed by atoms with Crippen molar-refractivity contribution in [1.82, 2.24) is 14.9 Å². The smallest absolute Gasteiger partial charge is 0.254 e. The van der Waals surface area contributed by atoms with Crippen molar-refractivity contribution in [3.63, 3.8) is 0 Å². The molecule has 0 saturated carbocycles. The Morgan fingerprint density at radius 1 is 1.03 bits per heavy atom. The van der Waals surface area contributed by atoms with Crippen LogP contribution in [0.15, 0.2) is 66.2 Å². The van der Waals surface area contributed by atoms with Gasteiger partial charge in [0.05, 0.1) is 27.2 Å². The summed E-state index contributed by atoms with van der Waals surface area (Å²) in [5.74, 6) is 0.698. The standard InChI is InChI=1S/C24H19N5OS/c25-16-17-5-3-9-26-23(17)28-10-12-29(13-11-28)24(30)19-15-21(22-8-4-14-31-22)27-20-7-2-1-6-18(19)20/h1-9,14-15H,10-13H2. The van der Waals surface area contributed by atoms with Crippen LogP contribution in [-0.2, 0) is 0 Å². The summed E-state index contributed by atoms with van der Waals surface area (Å²) in [6.07, 6.45) is 1.70. The highest BCUT2D eigenvalue weighted by molar-refractivity contribution is 7.13. The molecule has 0 radical (unpaired) electrons. The van der Waals surface area contributed by atoms with E-state index in [0.29, 0.717) is 43.1 Å². The van der Waals surface area contributed by atoms with E-state index in [9.17, 15) is 10.1 Å². The fourth-order valence-electron chi connectivity index (χ4n) is 3.93. The molecule has 152 valence electrons. The first kappa shape index (κ1) is 19.2. The van der Waals surface area contributed by atoms with Crippen molar-refractivity contribution in [1.29, 1.82) is 5.26 Å². The maximum Gasteiger partial charge on any atom is 0.254 e. The summed E-state index contributed by atoms with van der Waals surface area (Å²) in [5.41, 5.74) is 2.88. The Kier molecular flexibility index (Phi) is 5.06. The molecule has 4 aromatic rings. The normalized spacial score (nSPS) is 13.9. The monoisotopic (exact) mass is 425 g/mol. The molecule has 3 aromatic heterocycles. The van der Waals surface area contributed by atoms with Gasteiger partial charge in [-0.3, -0.25) is 4.79 Å². The SMILES string of the molecule is N#Cc1cccnc1N1CCN(C(=O)c2cc(-c3cccs3)nc3ccccc23)CC1. The lowest BCUT2D eigenvalue weighted by Crippen LogP contribution is -2.49. The zero-order chi connectivity index (χ0) is 21.2. The topological polar surface area (TPSA) is 73.1 Å². The zero-order valence-electron chi connectivity index (χ0n) is 16.7. The van der Waals surface area contributed by atoms with Crippen molar-refractivity contribution in [2.75, 3.05) is 31.1 Å². The number of nitrogens with zero attached hydrogens (tertiary/aromatic N) is 5. The number of piperazine rings is 1. The highest BCUT2D eigenvalue weighted by Gasteiger charge is 2.26. The Balaban J connectivity index is 1.43. The minimum absolute atomic E-state index is 0.0117. The van der Waals surface area contributed by atoms with Crippen molar-refractivity contribution in [2.45, 2.75) is 0 Å². The maximum atomic E-state index is 13.5. The summed E-state index contributed by atoms with van der Waals surface area (Å²) in [6, 6.07) is 19.5. The molecule has 6 nitrogen and oxygen atoms in total. The molecule has 5 rings (SSSR count). The van der Waals surface area contributed by atoms with Gasteiger partial charge in [0.1, 0.15) is 11.9 Å². The fourth-order valence-corrected chi connectivity index (χ4v) is 4.62. The van der Waals surface area contributed by atoms with Gasteiger partial charge in [-0.2, -0.15) is 5.26 Å². The van der Waals surface area contributed by atoms with Crippen LogP contribution in [0.1, 0.15) is 15.9 Å². The molecule has 0 bridgehead atoms. The quantitative estimate of drug-likeness (QED) is 0.492. The van der Waals surface area contributed by atoms with E-state index in [0.717, 1.165) is 21.5 Å². The molecule has 0 spiro atoms. The van der Waals surface area contributed by atoms with E-state index in [2.05, 4.69) is 16.0 Å². The molecule has 1 aliphatic heterocycles. The number of hydrogen-bond donors (Lipinski definition) is 0.